The van der Waals surface area contributed by atoms with E-state index in [9.17, 15) is 0 Å². The van der Waals surface area contributed by atoms with Crippen molar-refractivity contribution in [2.24, 2.45) is 5.73 Å². The molecular formula is C15H23NO. The van der Waals surface area contributed by atoms with E-state index < -0.39 is 0 Å². The first-order valence-electron chi connectivity index (χ1n) is 6.64. The van der Waals surface area contributed by atoms with E-state index >= 15 is 0 Å². The normalized spacial score (nSPS) is 19.2. The van der Waals surface area contributed by atoms with E-state index in [-0.39, 0.29) is 5.60 Å². The molecule has 0 heterocycles. The molecule has 17 heavy (non-hydrogen) atoms. The van der Waals surface area contributed by atoms with E-state index in [0.29, 0.717) is 13.2 Å². The zero-order valence-electron chi connectivity index (χ0n) is 10.7. The van der Waals surface area contributed by atoms with Gasteiger partial charge in [-0.1, -0.05) is 43.5 Å². The summed E-state index contributed by atoms with van der Waals surface area (Å²) in [4.78, 5) is 0. The highest BCUT2D eigenvalue weighted by atomic mass is 16.5. The van der Waals surface area contributed by atoms with E-state index in [2.05, 4.69) is 31.2 Å². The lowest BCUT2D eigenvalue weighted by atomic mass is 9.84. The Hall–Kier alpha value is -0.860. The lowest BCUT2D eigenvalue weighted by Crippen LogP contribution is -2.42. The first kappa shape index (κ1) is 12.6. The maximum atomic E-state index is 6.16. The van der Waals surface area contributed by atoms with Gasteiger partial charge >= 0.3 is 0 Å². The molecule has 0 saturated heterocycles. The van der Waals surface area contributed by atoms with E-state index in [1.807, 2.05) is 0 Å². The number of nitrogens with two attached hydrogens (primary N) is 1. The average Bonchev–Trinajstić information content (AvgIpc) is 2.39. The molecule has 2 heteroatoms. The van der Waals surface area contributed by atoms with E-state index in [4.69, 9.17) is 10.5 Å². The van der Waals surface area contributed by atoms with Crippen molar-refractivity contribution in [3.05, 3.63) is 35.4 Å². The monoisotopic (exact) mass is 233 g/mol. The third kappa shape index (κ3) is 3.08. The Morgan fingerprint density at radius 1 is 1.18 bits per heavy atom. The second-order valence-corrected chi connectivity index (χ2v) is 5.16. The van der Waals surface area contributed by atoms with Crippen LogP contribution in [0.2, 0.25) is 0 Å². The van der Waals surface area contributed by atoms with Crippen molar-refractivity contribution in [1.82, 2.24) is 0 Å². The van der Waals surface area contributed by atoms with Gasteiger partial charge in [0.1, 0.15) is 0 Å². The predicted octanol–water partition coefficient (Wildman–Crippen LogP) is 3.17. The summed E-state index contributed by atoms with van der Waals surface area (Å²) in [6, 6.07) is 8.41. The van der Waals surface area contributed by atoms with E-state index in [0.717, 1.165) is 12.8 Å². The molecule has 1 aliphatic carbocycles. The summed E-state index contributed by atoms with van der Waals surface area (Å²) in [6.07, 6.45) is 6.08. The fourth-order valence-electron chi connectivity index (χ4n) is 2.61. The molecule has 2 N–H and O–H groups in total. The van der Waals surface area contributed by atoms with Crippen molar-refractivity contribution >= 4 is 0 Å². The maximum Gasteiger partial charge on any atom is 0.0808 e. The largest absolute Gasteiger partial charge is 0.369 e. The molecule has 0 bridgehead atoms. The van der Waals surface area contributed by atoms with Crippen molar-refractivity contribution in [2.75, 3.05) is 6.54 Å². The van der Waals surface area contributed by atoms with Gasteiger partial charge < -0.3 is 10.5 Å². The van der Waals surface area contributed by atoms with Gasteiger partial charge in [0.15, 0.2) is 0 Å². The molecule has 0 atom stereocenters. The van der Waals surface area contributed by atoms with Crippen molar-refractivity contribution in [3.63, 3.8) is 0 Å². The van der Waals surface area contributed by atoms with Crippen LogP contribution in [0.25, 0.3) is 0 Å². The van der Waals surface area contributed by atoms with Crippen molar-refractivity contribution in [2.45, 2.75) is 51.2 Å². The van der Waals surface area contributed by atoms with Gasteiger partial charge in [0.05, 0.1) is 12.2 Å². The van der Waals surface area contributed by atoms with Gasteiger partial charge in [0, 0.05) is 6.54 Å². The summed E-state index contributed by atoms with van der Waals surface area (Å²) in [6.45, 7) is 3.48. The fourth-order valence-corrected chi connectivity index (χ4v) is 2.61. The summed E-state index contributed by atoms with van der Waals surface area (Å²) in [5.74, 6) is 0. The number of aryl methyl sites for hydroxylation is 1. The zero-order valence-corrected chi connectivity index (χ0v) is 10.7. The second kappa shape index (κ2) is 5.65. The van der Waals surface area contributed by atoms with Crippen LogP contribution in [0.5, 0.6) is 0 Å². The molecular weight excluding hydrogens is 210 g/mol. The first-order valence-corrected chi connectivity index (χ1v) is 6.64. The molecule has 2 rings (SSSR count). The molecule has 0 amide bonds. The quantitative estimate of drug-likeness (QED) is 0.867. The molecule has 0 radical (unpaired) electrons. The lowest BCUT2D eigenvalue weighted by molar-refractivity contribution is -0.0735. The minimum atomic E-state index is -0.0550. The zero-order chi connectivity index (χ0) is 12.1. The first-order chi connectivity index (χ1) is 8.26. The van der Waals surface area contributed by atoms with E-state index in [1.54, 1.807) is 0 Å². The number of hydrogen-bond donors (Lipinski definition) is 1. The summed E-state index contributed by atoms with van der Waals surface area (Å²) in [7, 11) is 0. The van der Waals surface area contributed by atoms with Crippen LogP contribution in [0.4, 0.5) is 0 Å². The number of hydrogen-bond acceptors (Lipinski definition) is 2. The third-order valence-electron chi connectivity index (χ3n) is 3.93. The van der Waals surface area contributed by atoms with Crippen LogP contribution in [-0.2, 0) is 11.3 Å². The Morgan fingerprint density at radius 2 is 1.88 bits per heavy atom. The van der Waals surface area contributed by atoms with Crippen LogP contribution < -0.4 is 5.73 Å². The summed E-state index contributed by atoms with van der Waals surface area (Å²) >= 11 is 0. The van der Waals surface area contributed by atoms with Crippen LogP contribution in [0, 0.1) is 6.92 Å². The van der Waals surface area contributed by atoms with Crippen molar-refractivity contribution < 1.29 is 4.74 Å². The Labute approximate surface area is 104 Å². The molecule has 0 aromatic heterocycles. The van der Waals surface area contributed by atoms with Crippen LogP contribution >= 0.6 is 0 Å². The van der Waals surface area contributed by atoms with Gasteiger partial charge in [0.2, 0.25) is 0 Å². The summed E-state index contributed by atoms with van der Waals surface area (Å²) in [5, 5.41) is 0. The molecule has 1 aliphatic rings. The molecule has 1 fully saturated rings. The number of rotatable bonds is 4. The standard InChI is InChI=1S/C15H23NO/c1-13-7-3-4-8-14(13)11-17-15(12-16)9-5-2-6-10-15/h3-4,7-8H,2,5-6,9-12,16H2,1H3. The molecule has 2 nitrogen and oxygen atoms in total. The second-order valence-electron chi connectivity index (χ2n) is 5.16. The van der Waals surface area contributed by atoms with Crippen LogP contribution in [0.1, 0.15) is 43.2 Å². The number of ether oxygens (including phenoxy) is 1. The Balaban J connectivity index is 1.98. The van der Waals surface area contributed by atoms with Crippen LogP contribution in [0.15, 0.2) is 24.3 Å². The molecule has 0 aliphatic heterocycles. The molecule has 0 spiro atoms. The van der Waals surface area contributed by atoms with Crippen molar-refractivity contribution in [3.8, 4) is 0 Å². The Bertz CT molecular complexity index is 356. The Morgan fingerprint density at radius 3 is 2.53 bits per heavy atom. The van der Waals surface area contributed by atoms with E-state index in [1.165, 1.54) is 30.4 Å². The minimum absolute atomic E-state index is 0.0550. The smallest absolute Gasteiger partial charge is 0.0808 e. The van der Waals surface area contributed by atoms with Gasteiger partial charge in [-0.15, -0.1) is 0 Å². The Kier molecular flexibility index (Phi) is 4.19. The number of benzene rings is 1. The lowest BCUT2D eigenvalue weighted by Gasteiger charge is -2.36. The molecule has 1 aromatic rings. The molecule has 0 unspecified atom stereocenters. The fraction of sp³-hybridized carbons (Fsp3) is 0.600. The summed E-state index contributed by atoms with van der Waals surface area (Å²) in [5.41, 5.74) is 8.45. The minimum Gasteiger partial charge on any atom is -0.369 e. The van der Waals surface area contributed by atoms with Gasteiger partial charge in [-0.05, 0) is 30.9 Å². The highest BCUT2D eigenvalue weighted by Crippen LogP contribution is 2.31. The summed E-state index contributed by atoms with van der Waals surface area (Å²) < 4.78 is 6.16. The highest BCUT2D eigenvalue weighted by molar-refractivity contribution is 5.24. The van der Waals surface area contributed by atoms with Crippen molar-refractivity contribution in [1.29, 1.82) is 0 Å². The topological polar surface area (TPSA) is 35.2 Å². The SMILES string of the molecule is Cc1ccccc1COC1(CN)CCCCC1. The molecule has 1 saturated carbocycles. The van der Waals surface area contributed by atoms with Gasteiger partial charge in [-0.2, -0.15) is 0 Å². The van der Waals surface area contributed by atoms with Gasteiger partial charge in [0.25, 0.3) is 0 Å². The molecule has 1 aromatic carbocycles. The maximum absolute atomic E-state index is 6.16. The predicted molar refractivity (Wildman–Crippen MR) is 70.8 cm³/mol. The van der Waals surface area contributed by atoms with Gasteiger partial charge in [-0.25, -0.2) is 0 Å². The van der Waals surface area contributed by atoms with Crippen LogP contribution in [-0.4, -0.2) is 12.1 Å². The molecule has 94 valence electrons. The third-order valence-corrected chi connectivity index (χ3v) is 3.93. The highest BCUT2D eigenvalue weighted by Gasteiger charge is 2.31. The van der Waals surface area contributed by atoms with Crippen LogP contribution in [0.3, 0.4) is 0 Å². The van der Waals surface area contributed by atoms with Gasteiger partial charge in [-0.3, -0.25) is 0 Å². The average molecular weight is 233 g/mol.